The number of hydrogen-bond donors (Lipinski definition) is 0. The molecule has 1 fully saturated rings. The molecule has 18 heavy (non-hydrogen) atoms. The van der Waals surface area contributed by atoms with Gasteiger partial charge in [0.1, 0.15) is 6.10 Å². The number of carbonyl (C=O) groups excluding carboxylic acids is 1. The van der Waals surface area contributed by atoms with Crippen molar-refractivity contribution in [2.24, 2.45) is 23.7 Å². The summed E-state index contributed by atoms with van der Waals surface area (Å²) in [6.45, 7) is 10.9. The molecule has 0 unspecified atom stereocenters. The maximum Gasteiger partial charge on any atom is 0.309 e. The lowest BCUT2D eigenvalue weighted by molar-refractivity contribution is -0.161. The second kappa shape index (κ2) is 7.16. The van der Waals surface area contributed by atoms with Crippen LogP contribution in [0.5, 0.6) is 0 Å². The predicted molar refractivity (Wildman–Crippen MR) is 75.3 cm³/mol. The molecular weight excluding hydrogens is 224 g/mol. The molecule has 0 aromatic heterocycles. The summed E-state index contributed by atoms with van der Waals surface area (Å²) in [6.07, 6.45) is 5.48. The molecule has 1 saturated carbocycles. The van der Waals surface area contributed by atoms with Crippen LogP contribution >= 0.6 is 0 Å². The van der Waals surface area contributed by atoms with E-state index in [2.05, 4.69) is 34.6 Å². The summed E-state index contributed by atoms with van der Waals surface area (Å²) < 4.78 is 5.84. The largest absolute Gasteiger partial charge is 0.462 e. The molecule has 1 rings (SSSR count). The molecule has 0 amide bonds. The molecule has 0 N–H and O–H groups in total. The molecule has 0 aromatic rings. The number of esters is 1. The van der Waals surface area contributed by atoms with Crippen molar-refractivity contribution >= 4 is 5.97 Å². The van der Waals surface area contributed by atoms with Gasteiger partial charge in [-0.2, -0.15) is 0 Å². The first kappa shape index (κ1) is 15.5. The third-order valence-corrected chi connectivity index (χ3v) is 4.55. The molecule has 3 atom stereocenters. The molecule has 0 bridgehead atoms. The molecule has 106 valence electrons. The van der Waals surface area contributed by atoms with Gasteiger partial charge in [-0.15, -0.1) is 0 Å². The number of ether oxygens (including phenoxy) is 1. The van der Waals surface area contributed by atoms with Crippen molar-refractivity contribution in [2.45, 2.75) is 72.8 Å². The first-order valence-electron chi connectivity index (χ1n) is 7.70. The topological polar surface area (TPSA) is 26.3 Å². The molecule has 2 heteroatoms. The molecule has 0 aromatic carbocycles. The van der Waals surface area contributed by atoms with Gasteiger partial charge in [-0.05, 0) is 43.4 Å². The third kappa shape index (κ3) is 4.00. The monoisotopic (exact) mass is 254 g/mol. The highest BCUT2D eigenvalue weighted by molar-refractivity contribution is 5.72. The molecule has 0 heterocycles. The molecule has 0 spiro atoms. The Morgan fingerprint density at radius 3 is 2.33 bits per heavy atom. The molecule has 2 nitrogen and oxygen atoms in total. The van der Waals surface area contributed by atoms with E-state index in [0.29, 0.717) is 17.8 Å². The van der Waals surface area contributed by atoms with Crippen LogP contribution in [0.25, 0.3) is 0 Å². The second-order valence-corrected chi connectivity index (χ2v) is 6.31. The quantitative estimate of drug-likeness (QED) is 0.679. The maximum atomic E-state index is 12.1. The Hall–Kier alpha value is -0.530. The average Bonchev–Trinajstić information content (AvgIpc) is 2.30. The van der Waals surface area contributed by atoms with Crippen molar-refractivity contribution in [3.63, 3.8) is 0 Å². The van der Waals surface area contributed by atoms with Crippen molar-refractivity contribution in [3.05, 3.63) is 0 Å². The highest BCUT2D eigenvalue weighted by atomic mass is 16.5. The third-order valence-electron chi connectivity index (χ3n) is 4.55. The predicted octanol–water partition coefficient (Wildman–Crippen LogP) is 4.43. The van der Waals surface area contributed by atoms with Crippen LogP contribution in [0, 0.1) is 23.7 Å². The summed E-state index contributed by atoms with van der Waals surface area (Å²) in [5, 5.41) is 0. The van der Waals surface area contributed by atoms with Gasteiger partial charge in [0.05, 0.1) is 5.92 Å². The molecule has 0 saturated heterocycles. The van der Waals surface area contributed by atoms with E-state index in [0.717, 1.165) is 19.3 Å². The van der Waals surface area contributed by atoms with Gasteiger partial charge in [0.25, 0.3) is 0 Å². The first-order valence-corrected chi connectivity index (χ1v) is 7.70. The Kier molecular flexibility index (Phi) is 6.17. The van der Waals surface area contributed by atoms with Crippen molar-refractivity contribution < 1.29 is 9.53 Å². The van der Waals surface area contributed by atoms with Gasteiger partial charge >= 0.3 is 5.97 Å². The highest BCUT2D eigenvalue weighted by Crippen LogP contribution is 2.35. The fourth-order valence-corrected chi connectivity index (χ4v) is 3.12. The standard InChI is InChI=1S/C16H30O2/c1-6-13(7-2)16(17)18-15-10-12(5)8-9-14(15)11(3)4/h11-15H,6-10H2,1-5H3/t12-,14+,15-/m1/s1. The maximum absolute atomic E-state index is 12.1. The minimum absolute atomic E-state index is 0.0322. The van der Waals surface area contributed by atoms with Gasteiger partial charge in [-0.25, -0.2) is 0 Å². The van der Waals surface area contributed by atoms with Crippen LogP contribution in [0.15, 0.2) is 0 Å². The zero-order chi connectivity index (χ0) is 13.7. The molecule has 0 aliphatic heterocycles. The number of rotatable bonds is 5. The van der Waals surface area contributed by atoms with Crippen molar-refractivity contribution in [1.82, 2.24) is 0 Å². The normalized spacial score (nSPS) is 28.7. The van der Waals surface area contributed by atoms with Crippen LogP contribution < -0.4 is 0 Å². The summed E-state index contributed by atoms with van der Waals surface area (Å²) in [5.74, 6) is 1.98. The van der Waals surface area contributed by atoms with Gasteiger partial charge in [-0.1, -0.05) is 41.0 Å². The molecule has 1 aliphatic rings. The van der Waals surface area contributed by atoms with Gasteiger partial charge < -0.3 is 4.74 Å². The summed E-state index contributed by atoms with van der Waals surface area (Å²) in [5.41, 5.74) is 0. The Morgan fingerprint density at radius 2 is 1.83 bits per heavy atom. The zero-order valence-electron chi connectivity index (χ0n) is 12.7. The molecular formula is C16H30O2. The Labute approximate surface area is 112 Å². The number of hydrogen-bond acceptors (Lipinski definition) is 2. The lowest BCUT2D eigenvalue weighted by Crippen LogP contribution is -2.37. The fraction of sp³-hybridized carbons (Fsp3) is 0.938. The van der Waals surface area contributed by atoms with E-state index in [1.54, 1.807) is 0 Å². The van der Waals surface area contributed by atoms with Crippen LogP contribution in [-0.4, -0.2) is 12.1 Å². The van der Waals surface area contributed by atoms with E-state index in [4.69, 9.17) is 4.74 Å². The highest BCUT2D eigenvalue weighted by Gasteiger charge is 2.34. The van der Waals surface area contributed by atoms with E-state index in [-0.39, 0.29) is 18.0 Å². The summed E-state index contributed by atoms with van der Waals surface area (Å²) in [7, 11) is 0. The van der Waals surface area contributed by atoms with E-state index in [1.165, 1.54) is 12.8 Å². The Balaban J connectivity index is 2.63. The SMILES string of the molecule is CCC(CC)C(=O)O[C@@H]1C[C@H](C)CC[C@H]1C(C)C. The minimum Gasteiger partial charge on any atom is -0.462 e. The minimum atomic E-state index is 0.0322. The smallest absolute Gasteiger partial charge is 0.309 e. The van der Waals surface area contributed by atoms with Crippen LogP contribution in [-0.2, 0) is 9.53 Å². The van der Waals surface area contributed by atoms with Crippen molar-refractivity contribution in [1.29, 1.82) is 0 Å². The summed E-state index contributed by atoms with van der Waals surface area (Å²) in [4.78, 5) is 12.1. The van der Waals surface area contributed by atoms with Crippen molar-refractivity contribution in [3.8, 4) is 0 Å². The fourth-order valence-electron chi connectivity index (χ4n) is 3.12. The zero-order valence-corrected chi connectivity index (χ0v) is 12.7. The first-order chi connectivity index (χ1) is 8.49. The van der Waals surface area contributed by atoms with E-state index < -0.39 is 0 Å². The van der Waals surface area contributed by atoms with E-state index in [1.807, 2.05) is 0 Å². The summed E-state index contributed by atoms with van der Waals surface area (Å²) in [6, 6.07) is 0. The average molecular weight is 254 g/mol. The molecule has 0 radical (unpaired) electrons. The van der Waals surface area contributed by atoms with Gasteiger partial charge in [-0.3, -0.25) is 4.79 Å². The second-order valence-electron chi connectivity index (χ2n) is 6.31. The Bertz CT molecular complexity index is 256. The van der Waals surface area contributed by atoms with Crippen LogP contribution in [0.3, 0.4) is 0 Å². The lowest BCUT2D eigenvalue weighted by atomic mass is 9.75. The summed E-state index contributed by atoms with van der Waals surface area (Å²) >= 11 is 0. The van der Waals surface area contributed by atoms with Crippen LogP contribution in [0.4, 0.5) is 0 Å². The van der Waals surface area contributed by atoms with Gasteiger partial charge in [0.2, 0.25) is 0 Å². The van der Waals surface area contributed by atoms with Gasteiger partial charge in [0.15, 0.2) is 0 Å². The lowest BCUT2D eigenvalue weighted by Gasteiger charge is -2.37. The van der Waals surface area contributed by atoms with Gasteiger partial charge in [0, 0.05) is 0 Å². The van der Waals surface area contributed by atoms with E-state index >= 15 is 0 Å². The van der Waals surface area contributed by atoms with Crippen LogP contribution in [0.2, 0.25) is 0 Å². The van der Waals surface area contributed by atoms with Crippen molar-refractivity contribution in [2.75, 3.05) is 0 Å². The number of carbonyl (C=O) groups is 1. The van der Waals surface area contributed by atoms with Crippen LogP contribution in [0.1, 0.15) is 66.7 Å². The molecule has 1 aliphatic carbocycles. The van der Waals surface area contributed by atoms with E-state index in [9.17, 15) is 4.79 Å². The Morgan fingerprint density at radius 1 is 1.22 bits per heavy atom.